The number of aliphatic hydroxyl groups is 2. The van der Waals surface area contributed by atoms with Crippen LogP contribution >= 0.6 is 0 Å². The van der Waals surface area contributed by atoms with Crippen LogP contribution < -0.4 is 0 Å². The van der Waals surface area contributed by atoms with Crippen LogP contribution in [-0.4, -0.2) is 74.9 Å². The van der Waals surface area contributed by atoms with Gasteiger partial charge in [-0.1, -0.05) is 86.3 Å². The minimum Gasteiger partial charge on any atom is -0.381 e. The fourth-order valence-electron chi connectivity index (χ4n) is 6.31. The molecule has 0 bridgehead atoms. The first-order valence-corrected chi connectivity index (χ1v) is 14.2. The van der Waals surface area contributed by atoms with Crippen molar-refractivity contribution >= 4 is 23.4 Å². The summed E-state index contributed by atoms with van der Waals surface area (Å²) in [6, 6.07) is 17.0. The van der Waals surface area contributed by atoms with Gasteiger partial charge in [0.1, 0.15) is 17.4 Å². The van der Waals surface area contributed by atoms with Crippen molar-refractivity contribution in [3.63, 3.8) is 0 Å². The Labute approximate surface area is 236 Å². The minimum absolute atomic E-state index is 0.185. The Morgan fingerprint density at radius 2 is 1.02 bits per heavy atom. The molecule has 2 aliphatic rings. The fraction of sp³-hybridized carbons (Fsp3) is 0.500. The van der Waals surface area contributed by atoms with Crippen LogP contribution in [0.5, 0.6) is 0 Å². The van der Waals surface area contributed by atoms with Gasteiger partial charge >= 0.3 is 0 Å². The van der Waals surface area contributed by atoms with E-state index in [0.717, 1.165) is 0 Å². The number of carbonyl (C=O) groups excluding carboxylic acids is 4. The Morgan fingerprint density at radius 3 is 1.38 bits per heavy atom. The molecule has 214 valence electrons. The highest BCUT2D eigenvalue weighted by Gasteiger charge is 2.52. The van der Waals surface area contributed by atoms with Crippen LogP contribution in [0.15, 0.2) is 60.7 Å². The SMILES string of the molecule is CC(N(C)C(=O)C1CCCCC1(O)C(=O)c1ccccc1)N(C)C(=O)C1CCCCC1(O)C(=O)c1ccccc1. The Balaban J connectivity index is 1.53. The van der Waals surface area contributed by atoms with E-state index in [1.165, 1.54) is 9.80 Å². The predicted molar refractivity (Wildman–Crippen MR) is 150 cm³/mol. The summed E-state index contributed by atoms with van der Waals surface area (Å²) in [4.78, 5) is 57.1. The van der Waals surface area contributed by atoms with E-state index in [1.54, 1.807) is 81.7 Å². The Bertz CT molecular complexity index is 1140. The summed E-state index contributed by atoms with van der Waals surface area (Å²) in [6.45, 7) is 1.69. The smallest absolute Gasteiger partial charge is 0.230 e. The van der Waals surface area contributed by atoms with Crippen LogP contribution in [0, 0.1) is 11.8 Å². The molecule has 2 aliphatic carbocycles. The van der Waals surface area contributed by atoms with Gasteiger partial charge in [0.25, 0.3) is 0 Å². The highest BCUT2D eigenvalue weighted by Crippen LogP contribution is 2.40. The van der Waals surface area contributed by atoms with Crippen molar-refractivity contribution in [3.8, 4) is 0 Å². The normalized spacial score (nSPS) is 27.3. The molecule has 4 unspecified atom stereocenters. The average molecular weight is 549 g/mol. The number of hydrogen-bond donors (Lipinski definition) is 2. The molecule has 0 aromatic heterocycles. The molecule has 4 rings (SSSR count). The molecule has 2 amide bonds. The molecule has 0 saturated heterocycles. The molecule has 4 atom stereocenters. The van der Waals surface area contributed by atoms with Crippen LogP contribution in [0.4, 0.5) is 0 Å². The number of hydrogen-bond acceptors (Lipinski definition) is 6. The van der Waals surface area contributed by atoms with Crippen molar-refractivity contribution in [2.75, 3.05) is 14.1 Å². The van der Waals surface area contributed by atoms with Gasteiger partial charge < -0.3 is 20.0 Å². The molecule has 0 spiro atoms. The number of Topliss-reactive ketones (excluding diaryl/α,β-unsaturated/α-hetero) is 2. The Morgan fingerprint density at radius 1 is 0.675 bits per heavy atom. The van der Waals surface area contributed by atoms with E-state index in [9.17, 15) is 29.4 Å². The van der Waals surface area contributed by atoms with E-state index in [0.29, 0.717) is 49.7 Å². The molecule has 2 aromatic rings. The summed E-state index contributed by atoms with van der Waals surface area (Å²) < 4.78 is 0. The van der Waals surface area contributed by atoms with Gasteiger partial charge in [-0.25, -0.2) is 0 Å². The zero-order valence-corrected chi connectivity index (χ0v) is 23.6. The minimum atomic E-state index is -1.83. The maximum atomic E-state index is 13.8. The highest BCUT2D eigenvalue weighted by atomic mass is 16.3. The van der Waals surface area contributed by atoms with Gasteiger partial charge in [-0.05, 0) is 32.6 Å². The van der Waals surface area contributed by atoms with Crippen molar-refractivity contribution in [2.24, 2.45) is 11.8 Å². The summed E-state index contributed by atoms with van der Waals surface area (Å²) in [5.41, 5.74) is -2.96. The number of nitrogens with zero attached hydrogens (tertiary/aromatic N) is 2. The first kappa shape index (κ1) is 29.6. The standard InChI is InChI=1S/C32H40N2O6/c1-22(33(2)29(37)25-18-10-12-20-31(25,39)27(35)23-14-6-4-7-15-23)34(3)30(38)26-19-11-13-21-32(26,40)28(36)24-16-8-5-9-17-24/h4-9,14-17,22,25-26,39-40H,10-13,18-21H2,1-3H3. The highest BCUT2D eigenvalue weighted by molar-refractivity contribution is 6.06. The molecule has 40 heavy (non-hydrogen) atoms. The second-order valence-corrected chi connectivity index (χ2v) is 11.4. The monoisotopic (exact) mass is 548 g/mol. The molecule has 0 aliphatic heterocycles. The molecule has 0 heterocycles. The van der Waals surface area contributed by atoms with E-state index < -0.39 is 52.6 Å². The van der Waals surface area contributed by atoms with Crippen LogP contribution in [0.2, 0.25) is 0 Å². The second-order valence-electron chi connectivity index (χ2n) is 11.4. The van der Waals surface area contributed by atoms with Crippen LogP contribution in [0.1, 0.15) is 79.0 Å². The molecule has 2 N–H and O–H groups in total. The lowest BCUT2D eigenvalue weighted by Gasteiger charge is -2.44. The summed E-state index contributed by atoms with van der Waals surface area (Å²) in [6.07, 6.45) is 3.01. The van der Waals surface area contributed by atoms with Crippen molar-refractivity contribution in [1.29, 1.82) is 0 Å². The summed E-state index contributed by atoms with van der Waals surface area (Å²) in [5.74, 6) is -3.67. The molecule has 2 aromatic carbocycles. The predicted octanol–water partition coefficient (Wildman–Crippen LogP) is 3.86. The zero-order chi connectivity index (χ0) is 29.1. The topological polar surface area (TPSA) is 115 Å². The van der Waals surface area contributed by atoms with Crippen molar-refractivity contribution in [1.82, 2.24) is 9.80 Å². The second kappa shape index (κ2) is 12.0. The van der Waals surface area contributed by atoms with Gasteiger partial charge in [0.15, 0.2) is 11.6 Å². The van der Waals surface area contributed by atoms with Crippen LogP contribution in [-0.2, 0) is 9.59 Å². The maximum Gasteiger partial charge on any atom is 0.230 e. The third-order valence-corrected chi connectivity index (χ3v) is 9.03. The first-order valence-electron chi connectivity index (χ1n) is 14.2. The first-order chi connectivity index (χ1) is 19.0. The summed E-state index contributed by atoms with van der Waals surface area (Å²) in [7, 11) is 3.11. The van der Waals surface area contributed by atoms with Crippen molar-refractivity contribution in [3.05, 3.63) is 71.8 Å². The molecule has 2 fully saturated rings. The van der Waals surface area contributed by atoms with Crippen LogP contribution in [0.25, 0.3) is 0 Å². The molecule has 2 saturated carbocycles. The third kappa shape index (κ3) is 5.47. The van der Waals surface area contributed by atoms with Gasteiger partial charge in [0, 0.05) is 25.2 Å². The number of amides is 2. The van der Waals surface area contributed by atoms with Gasteiger partial charge in [-0.2, -0.15) is 0 Å². The van der Waals surface area contributed by atoms with E-state index in [-0.39, 0.29) is 12.8 Å². The lowest BCUT2D eigenvalue weighted by molar-refractivity contribution is -0.157. The molecule has 8 nitrogen and oxygen atoms in total. The molecule has 0 radical (unpaired) electrons. The lowest BCUT2D eigenvalue weighted by Crippen LogP contribution is -2.60. The van der Waals surface area contributed by atoms with Crippen molar-refractivity contribution in [2.45, 2.75) is 75.7 Å². The summed E-state index contributed by atoms with van der Waals surface area (Å²) in [5, 5.41) is 23.2. The molecular weight excluding hydrogens is 508 g/mol. The Kier molecular flexibility index (Phi) is 8.90. The number of rotatable bonds is 8. The van der Waals surface area contributed by atoms with E-state index >= 15 is 0 Å². The summed E-state index contributed by atoms with van der Waals surface area (Å²) >= 11 is 0. The van der Waals surface area contributed by atoms with E-state index in [1.807, 2.05) is 0 Å². The Hall–Kier alpha value is -3.36. The van der Waals surface area contributed by atoms with Gasteiger partial charge in [0.05, 0.1) is 11.8 Å². The third-order valence-electron chi connectivity index (χ3n) is 9.03. The number of ketones is 2. The fourth-order valence-corrected chi connectivity index (χ4v) is 6.31. The number of benzene rings is 2. The zero-order valence-electron chi connectivity index (χ0n) is 23.6. The lowest BCUT2D eigenvalue weighted by atomic mass is 9.70. The van der Waals surface area contributed by atoms with Gasteiger partial charge in [-0.15, -0.1) is 0 Å². The van der Waals surface area contributed by atoms with Gasteiger partial charge in [0.2, 0.25) is 11.8 Å². The van der Waals surface area contributed by atoms with E-state index in [2.05, 4.69) is 0 Å². The van der Waals surface area contributed by atoms with E-state index in [4.69, 9.17) is 0 Å². The van der Waals surface area contributed by atoms with Crippen molar-refractivity contribution < 1.29 is 29.4 Å². The molecule has 8 heteroatoms. The van der Waals surface area contributed by atoms with Crippen LogP contribution in [0.3, 0.4) is 0 Å². The quantitative estimate of drug-likeness (QED) is 0.383. The number of carbonyl (C=O) groups is 4. The largest absolute Gasteiger partial charge is 0.381 e. The molecular formula is C32H40N2O6. The van der Waals surface area contributed by atoms with Gasteiger partial charge in [-0.3, -0.25) is 19.2 Å². The average Bonchev–Trinajstić information content (AvgIpc) is 2.99. The maximum absolute atomic E-state index is 13.8.